The number of nitrogens with zero attached hydrogens (tertiary/aromatic N) is 1. The summed E-state index contributed by atoms with van der Waals surface area (Å²) < 4.78 is 13.1. The molecule has 0 aliphatic carbocycles. The Morgan fingerprint density at radius 2 is 1.63 bits per heavy atom. The van der Waals surface area contributed by atoms with Crippen LogP contribution in [0.2, 0.25) is 0 Å². The van der Waals surface area contributed by atoms with E-state index in [1.807, 2.05) is 0 Å². The zero-order valence-electron chi connectivity index (χ0n) is 12.5. The molecule has 0 N–H and O–H groups in total. The Balaban J connectivity index is 0.00000180. The summed E-state index contributed by atoms with van der Waals surface area (Å²) in [5.41, 5.74) is 4.00. The molecule has 3 nitrogen and oxygen atoms in total. The number of likely N-dealkylation sites (N-methyl/N-ethyl adjacent to an activating group) is 1. The van der Waals surface area contributed by atoms with Crippen LogP contribution in [0.5, 0.6) is 11.5 Å². The van der Waals surface area contributed by atoms with Gasteiger partial charge in [-0.05, 0) is 17.7 Å². The number of ether oxygens (including phenoxy) is 2. The fraction of sp³-hybridized carbons (Fsp3) is 0.533. The fourth-order valence-corrected chi connectivity index (χ4v) is 2.62. The zero-order valence-corrected chi connectivity index (χ0v) is 14.7. The molecule has 0 atom stereocenters. The summed E-state index contributed by atoms with van der Waals surface area (Å²) in [6.07, 6.45) is 1.01. The molecule has 0 saturated heterocycles. The van der Waals surface area contributed by atoms with Gasteiger partial charge in [0.15, 0.2) is 22.7 Å². The van der Waals surface area contributed by atoms with Crippen molar-refractivity contribution in [2.45, 2.75) is 32.7 Å². The maximum Gasteiger partial charge on any atom is 0.180 e. The maximum absolute atomic E-state index is 5.38. The molecule has 19 heavy (non-hydrogen) atoms. The molecule has 0 spiro atoms. The van der Waals surface area contributed by atoms with Crippen molar-refractivity contribution in [2.24, 2.45) is 0 Å². The number of halogens is 1. The van der Waals surface area contributed by atoms with Crippen LogP contribution in [0.1, 0.15) is 31.9 Å². The average Bonchev–Trinajstić information content (AvgIpc) is 2.34. The minimum absolute atomic E-state index is 0. The molecule has 0 unspecified atom stereocenters. The average molecular weight is 375 g/mol. The summed E-state index contributed by atoms with van der Waals surface area (Å²) in [5, 5.41) is 0. The second kappa shape index (κ2) is 5.69. The van der Waals surface area contributed by atoms with Crippen molar-refractivity contribution < 1.29 is 38.0 Å². The van der Waals surface area contributed by atoms with Crippen molar-refractivity contribution >= 4 is 5.71 Å². The van der Waals surface area contributed by atoms with E-state index >= 15 is 0 Å². The van der Waals surface area contributed by atoms with Gasteiger partial charge in [0, 0.05) is 32.8 Å². The van der Waals surface area contributed by atoms with E-state index in [0.717, 1.165) is 17.9 Å². The molecule has 2 rings (SSSR count). The smallest absolute Gasteiger partial charge is 0.180 e. The lowest BCUT2D eigenvalue weighted by atomic mass is 9.85. The van der Waals surface area contributed by atoms with Gasteiger partial charge in [-0.1, -0.05) is 0 Å². The molecular formula is C15H22INO2. The Morgan fingerprint density at radius 3 is 2.16 bits per heavy atom. The van der Waals surface area contributed by atoms with Crippen LogP contribution in [0.3, 0.4) is 0 Å². The third-order valence-corrected chi connectivity index (χ3v) is 4.03. The Labute approximate surface area is 132 Å². The van der Waals surface area contributed by atoms with Gasteiger partial charge in [-0.15, -0.1) is 0 Å². The number of hydrogen-bond donors (Lipinski definition) is 0. The molecule has 0 amide bonds. The van der Waals surface area contributed by atoms with Crippen LogP contribution in [0.4, 0.5) is 0 Å². The van der Waals surface area contributed by atoms with Crippen molar-refractivity contribution in [1.29, 1.82) is 0 Å². The van der Waals surface area contributed by atoms with E-state index in [2.05, 4.69) is 44.5 Å². The standard InChI is InChI=1S/C15H22NO2.HI/c1-10-12-8-14(18-6)13(17-5)7-11(12)9-15(2,3)16(10)4;/h7-8H,9H2,1-6H3;1H/q+1;/p-1. The first-order chi connectivity index (χ1) is 8.40. The number of benzene rings is 1. The van der Waals surface area contributed by atoms with E-state index in [-0.39, 0.29) is 29.5 Å². The summed E-state index contributed by atoms with van der Waals surface area (Å²) in [7, 11) is 5.51. The Kier molecular flexibility index (Phi) is 4.87. The normalized spacial score (nSPS) is 16.5. The summed E-state index contributed by atoms with van der Waals surface area (Å²) in [6, 6.07) is 4.18. The first-order valence-corrected chi connectivity index (χ1v) is 6.23. The molecule has 4 heteroatoms. The number of rotatable bonds is 2. The predicted molar refractivity (Wildman–Crippen MR) is 73.3 cm³/mol. The summed E-state index contributed by atoms with van der Waals surface area (Å²) in [6.45, 7) is 6.68. The molecule has 1 aromatic rings. The Hall–Kier alpha value is -0.780. The fourth-order valence-electron chi connectivity index (χ4n) is 2.62. The molecule has 0 bridgehead atoms. The third kappa shape index (κ3) is 2.73. The first kappa shape index (κ1) is 16.3. The number of fused-ring (bicyclic) bond motifs is 1. The second-order valence-corrected chi connectivity index (χ2v) is 5.50. The van der Waals surface area contributed by atoms with Crippen molar-refractivity contribution in [3.8, 4) is 11.5 Å². The zero-order chi connectivity index (χ0) is 13.5. The third-order valence-electron chi connectivity index (χ3n) is 4.03. The lowest BCUT2D eigenvalue weighted by Gasteiger charge is -2.29. The highest BCUT2D eigenvalue weighted by atomic mass is 127. The Morgan fingerprint density at radius 1 is 1.11 bits per heavy atom. The van der Waals surface area contributed by atoms with Crippen molar-refractivity contribution in [1.82, 2.24) is 0 Å². The molecule has 0 aromatic heterocycles. The SMILES string of the molecule is COc1cc2c(cc1OC)C(C)=[N+](C)C(C)(C)C2.[I-]. The highest BCUT2D eigenvalue weighted by molar-refractivity contribution is 5.97. The number of methoxy groups -OCH3 is 2. The van der Waals surface area contributed by atoms with E-state index in [1.54, 1.807) is 14.2 Å². The second-order valence-electron chi connectivity index (χ2n) is 5.50. The van der Waals surface area contributed by atoms with Crippen LogP contribution in [0.15, 0.2) is 12.1 Å². The summed E-state index contributed by atoms with van der Waals surface area (Å²) in [5.74, 6) is 1.60. The van der Waals surface area contributed by atoms with E-state index in [0.29, 0.717) is 0 Å². The summed E-state index contributed by atoms with van der Waals surface area (Å²) in [4.78, 5) is 0. The van der Waals surface area contributed by atoms with Gasteiger partial charge in [0.25, 0.3) is 0 Å². The molecular weight excluding hydrogens is 353 g/mol. The first-order valence-electron chi connectivity index (χ1n) is 6.23. The molecule has 0 radical (unpaired) electrons. The van der Waals surface area contributed by atoms with Crippen LogP contribution >= 0.6 is 0 Å². The predicted octanol–water partition coefficient (Wildman–Crippen LogP) is -0.506. The maximum atomic E-state index is 5.38. The van der Waals surface area contributed by atoms with E-state index < -0.39 is 0 Å². The number of hydrogen-bond acceptors (Lipinski definition) is 2. The van der Waals surface area contributed by atoms with E-state index in [9.17, 15) is 0 Å². The Bertz CT molecular complexity index is 521. The minimum atomic E-state index is 0. The van der Waals surface area contributed by atoms with Crippen LogP contribution < -0.4 is 33.5 Å². The van der Waals surface area contributed by atoms with Crippen molar-refractivity contribution in [2.75, 3.05) is 21.3 Å². The monoisotopic (exact) mass is 375 g/mol. The van der Waals surface area contributed by atoms with Gasteiger partial charge >= 0.3 is 0 Å². The molecule has 0 fully saturated rings. The van der Waals surface area contributed by atoms with Crippen LogP contribution in [0.25, 0.3) is 0 Å². The minimum Gasteiger partial charge on any atom is -1.00 e. The van der Waals surface area contributed by atoms with Crippen molar-refractivity contribution in [3.63, 3.8) is 0 Å². The molecule has 0 saturated carbocycles. The van der Waals surface area contributed by atoms with Gasteiger partial charge in [0.2, 0.25) is 0 Å². The molecule has 1 aliphatic rings. The van der Waals surface area contributed by atoms with Gasteiger partial charge in [-0.2, -0.15) is 0 Å². The van der Waals surface area contributed by atoms with Gasteiger partial charge in [-0.3, -0.25) is 0 Å². The van der Waals surface area contributed by atoms with Crippen molar-refractivity contribution in [3.05, 3.63) is 23.3 Å². The van der Waals surface area contributed by atoms with Gasteiger partial charge < -0.3 is 33.5 Å². The lowest BCUT2D eigenvalue weighted by molar-refractivity contribution is -0.576. The highest BCUT2D eigenvalue weighted by Crippen LogP contribution is 2.35. The highest BCUT2D eigenvalue weighted by Gasteiger charge is 2.36. The van der Waals surface area contributed by atoms with E-state index in [4.69, 9.17) is 9.47 Å². The molecule has 1 aliphatic heterocycles. The topological polar surface area (TPSA) is 21.5 Å². The van der Waals surface area contributed by atoms with Crippen LogP contribution in [0, 0.1) is 0 Å². The van der Waals surface area contributed by atoms with Gasteiger partial charge in [0.05, 0.1) is 14.2 Å². The molecule has 106 valence electrons. The van der Waals surface area contributed by atoms with Gasteiger partial charge in [0.1, 0.15) is 7.05 Å². The van der Waals surface area contributed by atoms with E-state index in [1.165, 1.54) is 16.8 Å². The molecule has 1 aromatic carbocycles. The lowest BCUT2D eigenvalue weighted by Crippen LogP contribution is -3.00. The largest absolute Gasteiger partial charge is 1.00 e. The van der Waals surface area contributed by atoms with Crippen LogP contribution in [-0.2, 0) is 6.42 Å². The summed E-state index contributed by atoms with van der Waals surface area (Å²) >= 11 is 0. The van der Waals surface area contributed by atoms with Crippen LogP contribution in [-0.4, -0.2) is 37.1 Å². The quantitative estimate of drug-likeness (QED) is 0.513. The van der Waals surface area contributed by atoms with Gasteiger partial charge in [-0.25, -0.2) is 4.58 Å². The molecule has 1 heterocycles.